The Labute approximate surface area is 262 Å². The fourth-order valence-electron chi connectivity index (χ4n) is 9.31. The monoisotopic (exact) mass is 628 g/mol. The van der Waals surface area contributed by atoms with Gasteiger partial charge in [0.25, 0.3) is 5.91 Å². The predicted octanol–water partition coefficient (Wildman–Crippen LogP) is 4.28. The summed E-state index contributed by atoms with van der Waals surface area (Å²) in [7, 11) is -4.11. The van der Waals surface area contributed by atoms with E-state index in [2.05, 4.69) is 10.3 Å². The summed E-state index contributed by atoms with van der Waals surface area (Å²) in [6.45, 7) is 1.19. The number of benzene rings is 2. The SMILES string of the molecule is O=C1NC(=O)N(C2CCN(C(=O)CC34CC5CC(C3)C4C5)CC2)C1Cc1ccc(OS(=O)(=O)c2cccc3cnccc23)cc1. The number of hydrogen-bond acceptors (Lipinski definition) is 7. The molecule has 8 rings (SSSR count). The fraction of sp³-hybridized carbons (Fsp3) is 0.471. The van der Waals surface area contributed by atoms with Gasteiger partial charge in [-0.25, -0.2) is 4.79 Å². The molecule has 5 unspecified atom stereocenters. The number of aromatic nitrogens is 1. The van der Waals surface area contributed by atoms with E-state index >= 15 is 0 Å². The Balaban J connectivity index is 0.901. The molecule has 3 saturated carbocycles. The summed E-state index contributed by atoms with van der Waals surface area (Å²) >= 11 is 0. The zero-order chi connectivity index (χ0) is 30.9. The quantitative estimate of drug-likeness (QED) is 0.292. The van der Waals surface area contributed by atoms with E-state index in [1.807, 2.05) is 4.90 Å². The van der Waals surface area contributed by atoms with Crippen molar-refractivity contribution in [2.24, 2.45) is 23.2 Å². The minimum Gasteiger partial charge on any atom is -0.379 e. The van der Waals surface area contributed by atoms with E-state index in [4.69, 9.17) is 4.18 Å². The van der Waals surface area contributed by atoms with Crippen LogP contribution in [0.2, 0.25) is 0 Å². The number of amides is 4. The number of carbonyl (C=O) groups is 3. The van der Waals surface area contributed by atoms with Gasteiger partial charge in [-0.05, 0) is 91.5 Å². The molecule has 3 aromatic rings. The van der Waals surface area contributed by atoms with E-state index < -0.39 is 22.2 Å². The van der Waals surface area contributed by atoms with Crippen molar-refractivity contribution in [3.05, 3.63) is 66.5 Å². The van der Waals surface area contributed by atoms with Crippen molar-refractivity contribution in [3.63, 3.8) is 0 Å². The largest absolute Gasteiger partial charge is 0.379 e. The number of piperidine rings is 1. The highest BCUT2D eigenvalue weighted by Crippen LogP contribution is 2.72. The second-order valence-electron chi connectivity index (χ2n) is 13.7. The number of hydrogen-bond donors (Lipinski definition) is 1. The van der Waals surface area contributed by atoms with Crippen molar-refractivity contribution in [1.29, 1.82) is 0 Å². The van der Waals surface area contributed by atoms with Gasteiger partial charge < -0.3 is 14.0 Å². The van der Waals surface area contributed by atoms with E-state index in [0.717, 1.165) is 23.3 Å². The zero-order valence-electron chi connectivity index (χ0n) is 24.9. The highest BCUT2D eigenvalue weighted by atomic mass is 32.2. The number of nitrogens with zero attached hydrogens (tertiary/aromatic N) is 3. The highest BCUT2D eigenvalue weighted by Gasteiger charge is 2.64. The number of imide groups is 1. The van der Waals surface area contributed by atoms with Crippen LogP contribution < -0.4 is 9.50 Å². The lowest BCUT2D eigenvalue weighted by molar-refractivity contribution is -0.142. The van der Waals surface area contributed by atoms with Gasteiger partial charge in [0.1, 0.15) is 16.7 Å². The summed E-state index contributed by atoms with van der Waals surface area (Å²) in [4.78, 5) is 46.8. The van der Waals surface area contributed by atoms with Gasteiger partial charge in [-0.3, -0.25) is 19.9 Å². The smallest absolute Gasteiger partial charge is 0.339 e. The summed E-state index contributed by atoms with van der Waals surface area (Å²) < 4.78 is 31.7. The molecule has 10 nitrogen and oxygen atoms in total. The molecule has 234 valence electrons. The first-order valence-electron chi connectivity index (χ1n) is 16.0. The van der Waals surface area contributed by atoms with Gasteiger partial charge in [0.05, 0.1) is 0 Å². The molecule has 2 aliphatic heterocycles. The summed E-state index contributed by atoms with van der Waals surface area (Å²) in [5, 5.41) is 3.69. The highest BCUT2D eigenvalue weighted by molar-refractivity contribution is 7.87. The molecule has 0 spiro atoms. The second kappa shape index (κ2) is 10.5. The van der Waals surface area contributed by atoms with Crippen molar-refractivity contribution < 1.29 is 27.0 Å². The van der Waals surface area contributed by atoms with E-state index in [1.54, 1.807) is 53.6 Å². The number of fused-ring (bicyclic) bond motifs is 2. The number of likely N-dealkylation sites (tertiary alicyclic amines) is 1. The van der Waals surface area contributed by atoms with E-state index in [1.165, 1.54) is 37.9 Å². The maximum Gasteiger partial charge on any atom is 0.339 e. The van der Waals surface area contributed by atoms with E-state index in [-0.39, 0.29) is 40.3 Å². The Kier molecular flexibility index (Phi) is 6.67. The second-order valence-corrected chi connectivity index (χ2v) is 15.2. The Morgan fingerprint density at radius 3 is 2.56 bits per heavy atom. The molecule has 1 aromatic heterocycles. The third-order valence-electron chi connectivity index (χ3n) is 11.2. The molecular weight excluding hydrogens is 592 g/mol. The molecule has 45 heavy (non-hydrogen) atoms. The third kappa shape index (κ3) is 4.86. The molecule has 4 amide bonds. The molecule has 3 aliphatic carbocycles. The first-order chi connectivity index (χ1) is 21.7. The molecule has 5 aliphatic rings. The number of carbonyl (C=O) groups excluding carboxylic acids is 3. The van der Waals surface area contributed by atoms with Crippen LogP contribution in [0.15, 0.2) is 65.8 Å². The average Bonchev–Trinajstić information content (AvgIpc) is 3.61. The van der Waals surface area contributed by atoms with Crippen molar-refractivity contribution in [1.82, 2.24) is 20.1 Å². The van der Waals surface area contributed by atoms with Crippen LogP contribution in [0.3, 0.4) is 0 Å². The molecule has 5 fully saturated rings. The molecule has 2 bridgehead atoms. The lowest BCUT2D eigenvalue weighted by atomic mass is 9.51. The van der Waals surface area contributed by atoms with Crippen LogP contribution in [0.5, 0.6) is 5.75 Å². The van der Waals surface area contributed by atoms with E-state index in [0.29, 0.717) is 43.1 Å². The lowest BCUT2D eigenvalue weighted by Gasteiger charge is -2.54. The molecule has 0 radical (unpaired) electrons. The first-order valence-corrected chi connectivity index (χ1v) is 17.4. The summed E-state index contributed by atoms with van der Waals surface area (Å²) in [6, 6.07) is 11.9. The summed E-state index contributed by atoms with van der Waals surface area (Å²) in [6.07, 6.45) is 10.5. The van der Waals surface area contributed by atoms with Crippen LogP contribution in [0.25, 0.3) is 10.8 Å². The molecule has 2 saturated heterocycles. The van der Waals surface area contributed by atoms with Crippen LogP contribution in [-0.4, -0.2) is 66.2 Å². The Bertz CT molecular complexity index is 1800. The van der Waals surface area contributed by atoms with Crippen LogP contribution in [0.4, 0.5) is 4.79 Å². The first kappa shape index (κ1) is 28.5. The molecule has 5 atom stereocenters. The fourth-order valence-corrected chi connectivity index (χ4v) is 10.5. The standard InChI is InChI=1S/C34H36N4O6S/c39-31(19-34-17-22-14-24(18-34)28(34)15-22)37-12-9-25(10-13-37)38-29(32(40)36-33(38)41)16-21-4-6-26(7-5-21)44-45(42,43)30-3-1-2-23-20-35-11-8-27(23)30/h1-8,11,20,22,24-25,28-29H,9-10,12-19H2,(H,36,40,41). The van der Waals surface area contributed by atoms with Gasteiger partial charge in [-0.2, -0.15) is 8.42 Å². The molecular formula is C34H36N4O6S. The maximum atomic E-state index is 13.3. The molecule has 11 heteroatoms. The van der Waals surface area contributed by atoms with Gasteiger partial charge in [-0.15, -0.1) is 0 Å². The van der Waals surface area contributed by atoms with Crippen LogP contribution >= 0.6 is 0 Å². The number of pyridine rings is 1. The van der Waals surface area contributed by atoms with Crippen LogP contribution in [0.1, 0.15) is 50.5 Å². The third-order valence-corrected chi connectivity index (χ3v) is 12.5. The predicted molar refractivity (Wildman–Crippen MR) is 164 cm³/mol. The van der Waals surface area contributed by atoms with Gasteiger partial charge in [0.15, 0.2) is 0 Å². The van der Waals surface area contributed by atoms with Crippen molar-refractivity contribution in [3.8, 4) is 5.75 Å². The molecule has 2 aromatic carbocycles. The minimum atomic E-state index is -4.11. The van der Waals surface area contributed by atoms with Crippen molar-refractivity contribution >= 4 is 38.7 Å². The van der Waals surface area contributed by atoms with Gasteiger partial charge in [-0.1, -0.05) is 24.3 Å². The average molecular weight is 629 g/mol. The van der Waals surface area contributed by atoms with Crippen molar-refractivity contribution in [2.75, 3.05) is 13.1 Å². The number of rotatable bonds is 8. The van der Waals surface area contributed by atoms with Gasteiger partial charge in [0, 0.05) is 55.1 Å². The van der Waals surface area contributed by atoms with Crippen molar-refractivity contribution in [2.45, 2.75) is 68.3 Å². The summed E-state index contributed by atoms with van der Waals surface area (Å²) in [5.74, 6) is 2.50. The van der Waals surface area contributed by atoms with Gasteiger partial charge in [0.2, 0.25) is 5.91 Å². The summed E-state index contributed by atoms with van der Waals surface area (Å²) in [5.41, 5.74) is 1.03. The Morgan fingerprint density at radius 2 is 1.82 bits per heavy atom. The zero-order valence-corrected chi connectivity index (χ0v) is 25.7. The lowest BCUT2D eigenvalue weighted by Crippen LogP contribution is -2.53. The maximum absolute atomic E-state index is 13.3. The van der Waals surface area contributed by atoms with Crippen LogP contribution in [0, 0.1) is 23.2 Å². The molecule has 1 N–H and O–H groups in total. The Morgan fingerprint density at radius 1 is 1.02 bits per heavy atom. The topological polar surface area (TPSA) is 126 Å². The Hall–Kier alpha value is -3.99. The minimum absolute atomic E-state index is 0.0536. The van der Waals surface area contributed by atoms with Crippen LogP contribution in [-0.2, 0) is 26.1 Å². The van der Waals surface area contributed by atoms with Gasteiger partial charge >= 0.3 is 16.1 Å². The number of urea groups is 1. The normalized spacial score (nSPS) is 29.2. The molecule has 3 heterocycles. The van der Waals surface area contributed by atoms with E-state index in [9.17, 15) is 22.8 Å². The number of nitrogens with one attached hydrogen (secondary N) is 1.